The number of ether oxygens (including phenoxy) is 1. The third kappa shape index (κ3) is 4.35. The number of nitrogens with one attached hydrogen (secondary N) is 1. The quantitative estimate of drug-likeness (QED) is 0.415. The van der Waals surface area contributed by atoms with Crippen LogP contribution < -0.4 is 5.32 Å². The molecule has 1 saturated carbocycles. The predicted octanol–water partition coefficient (Wildman–Crippen LogP) is 4.10. The molecule has 2 aliphatic rings. The molecule has 1 spiro atoms. The first-order valence-corrected chi connectivity index (χ1v) is 8.77. The van der Waals surface area contributed by atoms with Crippen molar-refractivity contribution >= 4 is 41.5 Å². The molecule has 1 aromatic rings. The average Bonchev–Trinajstić information content (AvgIpc) is 2.97. The van der Waals surface area contributed by atoms with Gasteiger partial charge < -0.3 is 15.0 Å². The van der Waals surface area contributed by atoms with Crippen molar-refractivity contribution in [3.63, 3.8) is 0 Å². The molecule has 1 aromatic carbocycles. The summed E-state index contributed by atoms with van der Waals surface area (Å²) in [4.78, 5) is 6.85. The zero-order chi connectivity index (χ0) is 16.3. The Morgan fingerprint density at radius 2 is 2.21 bits per heavy atom. The van der Waals surface area contributed by atoms with Crippen LogP contribution in [-0.2, 0) is 4.74 Å². The van der Waals surface area contributed by atoms with Gasteiger partial charge in [0.25, 0.3) is 0 Å². The van der Waals surface area contributed by atoms with Crippen LogP contribution in [0.25, 0.3) is 0 Å². The molecule has 0 radical (unpaired) electrons. The highest BCUT2D eigenvalue weighted by molar-refractivity contribution is 14.0. The first-order valence-electron chi connectivity index (χ1n) is 8.40. The lowest BCUT2D eigenvalue weighted by molar-refractivity contribution is 0.105. The summed E-state index contributed by atoms with van der Waals surface area (Å²) < 4.78 is 5.63. The number of benzene rings is 1. The molecule has 0 amide bonds. The SMILES string of the molecule is CN=C(NCC(OC)c1cccc(Cl)c1)N1CCC2(CCC2)C1.I. The van der Waals surface area contributed by atoms with Gasteiger partial charge in [-0.2, -0.15) is 0 Å². The Kier molecular flexibility index (Phi) is 7.19. The van der Waals surface area contributed by atoms with Crippen molar-refractivity contribution in [2.45, 2.75) is 31.8 Å². The van der Waals surface area contributed by atoms with Gasteiger partial charge in [0.05, 0.1) is 6.10 Å². The van der Waals surface area contributed by atoms with Gasteiger partial charge in [0, 0.05) is 38.8 Å². The van der Waals surface area contributed by atoms with Gasteiger partial charge in [0.1, 0.15) is 0 Å². The summed E-state index contributed by atoms with van der Waals surface area (Å²) in [5, 5.41) is 4.21. The molecule has 1 aliphatic carbocycles. The highest BCUT2D eigenvalue weighted by Gasteiger charge is 2.43. The highest BCUT2D eigenvalue weighted by Crippen LogP contribution is 2.47. The van der Waals surface area contributed by atoms with Crippen molar-refractivity contribution in [1.29, 1.82) is 0 Å². The van der Waals surface area contributed by atoms with Gasteiger partial charge in [0.2, 0.25) is 0 Å². The molecule has 1 saturated heterocycles. The van der Waals surface area contributed by atoms with Crippen LogP contribution in [0.4, 0.5) is 0 Å². The van der Waals surface area contributed by atoms with Crippen molar-refractivity contribution in [3.05, 3.63) is 34.9 Å². The van der Waals surface area contributed by atoms with Gasteiger partial charge >= 0.3 is 0 Å². The number of guanidine groups is 1. The van der Waals surface area contributed by atoms with Gasteiger partial charge in [-0.05, 0) is 42.4 Å². The lowest BCUT2D eigenvalue weighted by atomic mass is 9.68. The second-order valence-electron chi connectivity index (χ2n) is 6.73. The molecule has 2 fully saturated rings. The smallest absolute Gasteiger partial charge is 0.193 e. The van der Waals surface area contributed by atoms with Crippen LogP contribution >= 0.6 is 35.6 Å². The predicted molar refractivity (Wildman–Crippen MR) is 110 cm³/mol. The van der Waals surface area contributed by atoms with Gasteiger partial charge in [-0.1, -0.05) is 30.2 Å². The van der Waals surface area contributed by atoms with Crippen molar-refractivity contribution in [2.75, 3.05) is 33.8 Å². The van der Waals surface area contributed by atoms with Crippen LogP contribution in [0, 0.1) is 5.41 Å². The number of hydrogen-bond donors (Lipinski definition) is 1. The molecule has 0 bridgehead atoms. The topological polar surface area (TPSA) is 36.9 Å². The summed E-state index contributed by atoms with van der Waals surface area (Å²) in [6.07, 6.45) is 5.41. The molecule has 4 nitrogen and oxygen atoms in total. The maximum Gasteiger partial charge on any atom is 0.193 e. The van der Waals surface area contributed by atoms with Crippen molar-refractivity contribution < 1.29 is 4.74 Å². The third-order valence-electron chi connectivity index (χ3n) is 5.31. The number of methoxy groups -OCH3 is 1. The molecule has 1 unspecified atom stereocenters. The Morgan fingerprint density at radius 3 is 2.75 bits per heavy atom. The van der Waals surface area contributed by atoms with Crippen molar-refractivity contribution in [3.8, 4) is 0 Å². The Morgan fingerprint density at radius 1 is 1.42 bits per heavy atom. The molecule has 134 valence electrons. The molecule has 1 aliphatic heterocycles. The summed E-state index contributed by atoms with van der Waals surface area (Å²) in [7, 11) is 3.59. The second-order valence-corrected chi connectivity index (χ2v) is 7.17. The van der Waals surface area contributed by atoms with Crippen LogP contribution in [0.3, 0.4) is 0 Å². The first kappa shape index (κ1) is 19.8. The molecular weight excluding hydrogens is 437 g/mol. The van der Waals surface area contributed by atoms with Gasteiger partial charge in [0.15, 0.2) is 5.96 Å². The number of hydrogen-bond acceptors (Lipinski definition) is 2. The van der Waals surface area contributed by atoms with Crippen LogP contribution in [0.2, 0.25) is 5.02 Å². The molecule has 1 atom stereocenters. The Labute approximate surface area is 167 Å². The fourth-order valence-electron chi connectivity index (χ4n) is 3.76. The Balaban J connectivity index is 0.00000208. The second kappa shape index (κ2) is 8.72. The molecule has 0 aromatic heterocycles. The van der Waals surface area contributed by atoms with E-state index in [4.69, 9.17) is 16.3 Å². The molecular formula is C18H27ClIN3O. The maximum absolute atomic E-state index is 6.09. The number of halogens is 2. The fraction of sp³-hybridized carbons (Fsp3) is 0.611. The van der Waals surface area contributed by atoms with E-state index >= 15 is 0 Å². The summed E-state index contributed by atoms with van der Waals surface area (Å²) in [5.74, 6) is 0.984. The van der Waals surface area contributed by atoms with E-state index in [0.717, 1.165) is 29.6 Å². The molecule has 3 rings (SSSR count). The summed E-state index contributed by atoms with van der Waals surface area (Å²) in [5.41, 5.74) is 1.66. The number of likely N-dealkylation sites (tertiary alicyclic amines) is 1. The largest absolute Gasteiger partial charge is 0.375 e. The third-order valence-corrected chi connectivity index (χ3v) is 5.55. The lowest BCUT2D eigenvalue weighted by Gasteiger charge is -2.38. The lowest BCUT2D eigenvalue weighted by Crippen LogP contribution is -2.43. The summed E-state index contributed by atoms with van der Waals surface area (Å²) in [6.45, 7) is 2.93. The van der Waals surface area contributed by atoms with E-state index in [-0.39, 0.29) is 30.1 Å². The van der Waals surface area contributed by atoms with Crippen molar-refractivity contribution in [2.24, 2.45) is 10.4 Å². The van der Waals surface area contributed by atoms with Gasteiger partial charge in [-0.25, -0.2) is 0 Å². The zero-order valence-corrected chi connectivity index (χ0v) is 17.5. The van der Waals surface area contributed by atoms with E-state index in [2.05, 4.69) is 15.2 Å². The van der Waals surface area contributed by atoms with Gasteiger partial charge in [-0.3, -0.25) is 4.99 Å². The van der Waals surface area contributed by atoms with Crippen LogP contribution in [0.1, 0.15) is 37.4 Å². The van der Waals surface area contributed by atoms with Gasteiger partial charge in [-0.15, -0.1) is 24.0 Å². The summed E-state index contributed by atoms with van der Waals surface area (Å²) in [6, 6.07) is 7.84. The van der Waals surface area contributed by atoms with Crippen LogP contribution in [0.15, 0.2) is 29.3 Å². The fourth-order valence-corrected chi connectivity index (χ4v) is 3.96. The first-order chi connectivity index (χ1) is 11.2. The average molecular weight is 464 g/mol. The number of rotatable bonds is 4. The van der Waals surface area contributed by atoms with E-state index in [1.165, 1.54) is 25.7 Å². The summed E-state index contributed by atoms with van der Waals surface area (Å²) >= 11 is 6.09. The molecule has 1 heterocycles. The van der Waals surface area contributed by atoms with Crippen LogP contribution in [0.5, 0.6) is 0 Å². The Bertz CT molecular complexity index is 577. The minimum absolute atomic E-state index is 0. The van der Waals surface area contributed by atoms with Crippen LogP contribution in [-0.4, -0.2) is 44.7 Å². The number of nitrogens with zero attached hydrogens (tertiary/aromatic N) is 2. The minimum atomic E-state index is -0.0364. The normalized spacial score (nSPS) is 20.5. The standard InChI is InChI=1S/C18H26ClN3O.HI/c1-20-17(22-10-9-18(13-22)7-4-8-18)21-12-16(23-2)14-5-3-6-15(19)11-14;/h3,5-6,11,16H,4,7-10,12-13H2,1-2H3,(H,20,21);1H. The molecule has 6 heteroatoms. The monoisotopic (exact) mass is 463 g/mol. The van der Waals surface area contributed by atoms with E-state index < -0.39 is 0 Å². The maximum atomic E-state index is 6.09. The highest BCUT2D eigenvalue weighted by atomic mass is 127. The Hall–Kier alpha value is -0.530. The van der Waals surface area contributed by atoms with E-state index in [0.29, 0.717) is 12.0 Å². The minimum Gasteiger partial charge on any atom is -0.375 e. The van der Waals surface area contributed by atoms with E-state index in [1.54, 1.807) is 7.11 Å². The van der Waals surface area contributed by atoms with E-state index in [9.17, 15) is 0 Å². The molecule has 24 heavy (non-hydrogen) atoms. The van der Waals surface area contributed by atoms with Crippen molar-refractivity contribution in [1.82, 2.24) is 10.2 Å². The molecule has 1 N–H and O–H groups in total. The number of aliphatic imine (C=N–C) groups is 1. The zero-order valence-electron chi connectivity index (χ0n) is 14.4. The van der Waals surface area contributed by atoms with E-state index in [1.807, 2.05) is 31.3 Å².